The molecule has 1 amide bonds. The number of hydrogen-bond acceptors (Lipinski definition) is 6. The predicted molar refractivity (Wildman–Crippen MR) is 103 cm³/mol. The zero-order valence-electron chi connectivity index (χ0n) is 16.0. The number of ether oxygens (including phenoxy) is 2. The average Bonchev–Trinajstić information content (AvgIpc) is 3.14. The molecule has 0 saturated heterocycles. The lowest BCUT2D eigenvalue weighted by Gasteiger charge is -2.33. The molecule has 1 unspecified atom stereocenters. The topological polar surface area (TPSA) is 68.7 Å². The molecule has 4 rings (SSSR count). The van der Waals surface area contributed by atoms with Crippen LogP contribution in [0.15, 0.2) is 24.3 Å². The summed E-state index contributed by atoms with van der Waals surface area (Å²) >= 11 is 0.637. The fraction of sp³-hybridized carbons (Fsp3) is 0.250. The second-order valence-electron chi connectivity index (χ2n) is 6.57. The second kappa shape index (κ2) is 8.14. The highest BCUT2D eigenvalue weighted by molar-refractivity contribution is 7.18. The summed E-state index contributed by atoms with van der Waals surface area (Å²) in [5.74, 6) is -5.88. The molecule has 1 aliphatic heterocycles. The molecule has 1 atom stereocenters. The zero-order valence-corrected chi connectivity index (χ0v) is 16.8. The van der Waals surface area contributed by atoms with E-state index in [4.69, 9.17) is 9.47 Å². The highest BCUT2D eigenvalue weighted by Crippen LogP contribution is 2.39. The van der Waals surface area contributed by atoms with Crippen molar-refractivity contribution in [3.8, 4) is 5.75 Å². The largest absolute Gasteiger partial charge is 0.478 e. The van der Waals surface area contributed by atoms with Gasteiger partial charge in [0.1, 0.15) is 22.0 Å². The lowest BCUT2D eigenvalue weighted by atomic mass is 10.1. The van der Waals surface area contributed by atoms with Gasteiger partial charge in [-0.15, -0.1) is 11.3 Å². The molecule has 31 heavy (non-hydrogen) atoms. The van der Waals surface area contributed by atoms with Crippen LogP contribution in [0.5, 0.6) is 5.75 Å². The molecule has 0 aliphatic carbocycles. The number of benzene rings is 2. The van der Waals surface area contributed by atoms with Crippen LogP contribution < -0.4 is 9.64 Å². The number of halogens is 4. The van der Waals surface area contributed by atoms with Crippen molar-refractivity contribution in [2.75, 3.05) is 11.5 Å². The quantitative estimate of drug-likeness (QED) is 0.330. The summed E-state index contributed by atoms with van der Waals surface area (Å²) in [5.41, 5.74) is -0.588. The van der Waals surface area contributed by atoms with Crippen molar-refractivity contribution >= 4 is 39.1 Å². The van der Waals surface area contributed by atoms with E-state index < -0.39 is 53.2 Å². The third kappa shape index (κ3) is 3.80. The molecule has 2 aromatic carbocycles. The van der Waals surface area contributed by atoms with E-state index in [2.05, 4.69) is 4.98 Å². The van der Waals surface area contributed by atoms with E-state index in [1.165, 1.54) is 12.1 Å². The van der Waals surface area contributed by atoms with Gasteiger partial charge in [-0.1, -0.05) is 6.07 Å². The van der Waals surface area contributed by atoms with Gasteiger partial charge in [0.2, 0.25) is 0 Å². The van der Waals surface area contributed by atoms with Crippen LogP contribution in [0.4, 0.5) is 23.2 Å². The van der Waals surface area contributed by atoms with Gasteiger partial charge in [-0.2, -0.15) is 0 Å². The van der Waals surface area contributed by atoms with E-state index in [1.54, 1.807) is 6.92 Å². The van der Waals surface area contributed by atoms with E-state index in [1.807, 2.05) is 0 Å². The summed E-state index contributed by atoms with van der Waals surface area (Å²) in [7, 11) is 0. The smallest absolute Gasteiger partial charge is 0.310 e. The standard InChI is InChI=1S/C20H14F4N2O4S/c1-2-29-15(27)7-13-20(28)26(18-9(21)4-3-5-12(18)30-13)8-14-25-17-11(23)6-10(22)16(24)19(17)31-14/h3-6,13H,2,7-8H2,1H3. The molecule has 1 aromatic heterocycles. The normalized spacial score (nSPS) is 15.7. The Bertz CT molecular complexity index is 1200. The minimum absolute atomic E-state index is 0.0124. The average molecular weight is 454 g/mol. The SMILES string of the molecule is CCOC(=O)CC1Oc2cccc(F)c2N(Cc2nc3c(F)cc(F)c(F)c3s2)C1=O. The highest BCUT2D eigenvalue weighted by atomic mass is 32.1. The van der Waals surface area contributed by atoms with Crippen LogP contribution in [0.25, 0.3) is 10.2 Å². The van der Waals surface area contributed by atoms with Crippen molar-refractivity contribution in [2.24, 2.45) is 0 Å². The molecule has 2 heterocycles. The van der Waals surface area contributed by atoms with Gasteiger partial charge in [-0.3, -0.25) is 14.5 Å². The molecule has 0 bridgehead atoms. The van der Waals surface area contributed by atoms with Crippen molar-refractivity contribution in [1.29, 1.82) is 0 Å². The number of esters is 1. The fourth-order valence-corrected chi connectivity index (χ4v) is 4.22. The summed E-state index contributed by atoms with van der Waals surface area (Å²) in [5, 5.41) is 0.0396. The number of aromatic nitrogens is 1. The first-order valence-electron chi connectivity index (χ1n) is 9.15. The molecule has 6 nitrogen and oxygen atoms in total. The van der Waals surface area contributed by atoms with Crippen LogP contribution in [0.2, 0.25) is 0 Å². The molecule has 11 heteroatoms. The summed E-state index contributed by atoms with van der Waals surface area (Å²) in [6.07, 6.45) is -1.69. The van der Waals surface area contributed by atoms with Crippen LogP contribution in [0, 0.1) is 23.3 Å². The van der Waals surface area contributed by atoms with E-state index in [0.717, 1.165) is 11.0 Å². The molecule has 3 aromatic rings. The van der Waals surface area contributed by atoms with Gasteiger partial charge in [0.25, 0.3) is 5.91 Å². The Kier molecular flexibility index (Phi) is 5.52. The monoisotopic (exact) mass is 454 g/mol. The van der Waals surface area contributed by atoms with Crippen molar-refractivity contribution in [3.05, 3.63) is 52.5 Å². The first kappa shape index (κ1) is 21.0. The Balaban J connectivity index is 1.73. The van der Waals surface area contributed by atoms with Gasteiger partial charge in [-0.25, -0.2) is 22.5 Å². The van der Waals surface area contributed by atoms with Crippen LogP contribution >= 0.6 is 11.3 Å². The van der Waals surface area contributed by atoms with Gasteiger partial charge < -0.3 is 9.47 Å². The molecule has 0 N–H and O–H groups in total. The lowest BCUT2D eigenvalue weighted by Crippen LogP contribution is -2.47. The van der Waals surface area contributed by atoms with Gasteiger partial charge in [0, 0.05) is 6.07 Å². The van der Waals surface area contributed by atoms with Crippen molar-refractivity contribution in [3.63, 3.8) is 0 Å². The van der Waals surface area contributed by atoms with Gasteiger partial charge in [0.05, 0.1) is 24.3 Å². The summed E-state index contributed by atoms with van der Waals surface area (Å²) in [6.45, 7) is 1.34. The van der Waals surface area contributed by atoms with E-state index >= 15 is 0 Å². The maximum absolute atomic E-state index is 14.5. The maximum atomic E-state index is 14.5. The van der Waals surface area contributed by atoms with Crippen molar-refractivity contribution < 1.29 is 36.6 Å². The number of amides is 1. The molecule has 0 saturated carbocycles. The summed E-state index contributed by atoms with van der Waals surface area (Å²) < 4.78 is 66.1. The molecule has 162 valence electrons. The van der Waals surface area contributed by atoms with Crippen LogP contribution in [0.3, 0.4) is 0 Å². The number of fused-ring (bicyclic) bond motifs is 2. The molecule has 0 fully saturated rings. The zero-order chi connectivity index (χ0) is 22.3. The summed E-state index contributed by atoms with van der Waals surface area (Å²) in [4.78, 5) is 29.8. The number of carbonyl (C=O) groups is 2. The van der Waals surface area contributed by atoms with Gasteiger partial charge >= 0.3 is 5.97 Å². The Morgan fingerprint density at radius 3 is 2.74 bits per heavy atom. The minimum Gasteiger partial charge on any atom is -0.478 e. The molecule has 0 spiro atoms. The minimum atomic E-state index is -1.37. The Labute approximate surface area is 177 Å². The first-order chi connectivity index (χ1) is 14.8. The third-order valence-electron chi connectivity index (χ3n) is 4.54. The van der Waals surface area contributed by atoms with E-state index in [0.29, 0.717) is 17.4 Å². The van der Waals surface area contributed by atoms with Crippen LogP contribution in [0.1, 0.15) is 18.4 Å². The highest BCUT2D eigenvalue weighted by Gasteiger charge is 2.38. The van der Waals surface area contributed by atoms with Gasteiger partial charge in [-0.05, 0) is 19.1 Å². The van der Waals surface area contributed by atoms with Crippen LogP contribution in [-0.2, 0) is 20.9 Å². The number of thiazole rings is 1. The molecular formula is C20H14F4N2O4S. The first-order valence-corrected chi connectivity index (χ1v) is 9.96. The fourth-order valence-electron chi connectivity index (χ4n) is 3.23. The maximum Gasteiger partial charge on any atom is 0.310 e. The summed E-state index contributed by atoms with van der Waals surface area (Å²) in [6, 6.07) is 4.28. The van der Waals surface area contributed by atoms with Gasteiger partial charge in [0.15, 0.2) is 29.4 Å². The molecular weight excluding hydrogens is 440 g/mol. The number of rotatable bonds is 5. The predicted octanol–water partition coefficient (Wildman–Crippen LogP) is 4.10. The Hall–Kier alpha value is -3.21. The number of hydrogen-bond donors (Lipinski definition) is 0. The van der Waals surface area contributed by atoms with Crippen LogP contribution in [-0.4, -0.2) is 29.6 Å². The van der Waals surface area contributed by atoms with E-state index in [9.17, 15) is 27.2 Å². The number of nitrogens with zero attached hydrogens (tertiary/aromatic N) is 2. The molecule has 1 aliphatic rings. The third-order valence-corrected chi connectivity index (χ3v) is 5.57. The number of carbonyl (C=O) groups excluding carboxylic acids is 2. The molecule has 0 radical (unpaired) electrons. The lowest BCUT2D eigenvalue weighted by molar-refractivity contribution is -0.147. The van der Waals surface area contributed by atoms with E-state index in [-0.39, 0.29) is 34.3 Å². The van der Waals surface area contributed by atoms with Crippen molar-refractivity contribution in [2.45, 2.75) is 26.0 Å². The van der Waals surface area contributed by atoms with Crippen molar-refractivity contribution in [1.82, 2.24) is 4.98 Å². The second-order valence-corrected chi connectivity index (χ2v) is 7.65. The Morgan fingerprint density at radius 1 is 1.23 bits per heavy atom. The number of para-hydroxylation sites is 1. The number of anilines is 1. The Morgan fingerprint density at radius 2 is 2.00 bits per heavy atom.